The molecular weight excluding hydrogens is 346 g/mol. The molecule has 2 rings (SSSR count). The summed E-state index contributed by atoms with van der Waals surface area (Å²) in [4.78, 5) is 12.9. The number of hydrogen-bond acceptors (Lipinski definition) is 3. The Labute approximate surface area is 156 Å². The maximum atomic E-state index is 13.1. The van der Waals surface area contributed by atoms with Crippen LogP contribution in [0.5, 0.6) is 0 Å². The average molecular weight is 374 g/mol. The van der Waals surface area contributed by atoms with E-state index in [4.69, 9.17) is 0 Å². The average Bonchev–Trinajstić information content (AvgIpc) is 2.61. The van der Waals surface area contributed by atoms with Gasteiger partial charge in [-0.25, -0.2) is 12.7 Å². The van der Waals surface area contributed by atoms with Crippen molar-refractivity contribution in [2.24, 2.45) is 5.92 Å². The minimum absolute atomic E-state index is 0.0693. The number of amides is 1. The largest absolute Gasteiger partial charge is 0.273 e. The Balaban J connectivity index is 2.43. The van der Waals surface area contributed by atoms with Gasteiger partial charge in [0.2, 0.25) is 5.91 Å². The molecule has 0 heterocycles. The van der Waals surface area contributed by atoms with Crippen LogP contribution in [0.15, 0.2) is 59.5 Å². The summed E-state index contributed by atoms with van der Waals surface area (Å²) in [5.74, 6) is -0.343. The Bertz CT molecular complexity index is 812. The van der Waals surface area contributed by atoms with E-state index in [1.54, 1.807) is 30.3 Å². The number of sulfonamides is 1. The smallest absolute Gasteiger partial charge is 0.270 e. The molecule has 5 heteroatoms. The predicted molar refractivity (Wildman–Crippen MR) is 106 cm³/mol. The standard InChI is InChI=1S/C21H27NO3S/c1-4-5-9-18-12-14-19(15-13-18)22(21(23)16-17(2)3)26(24,25)20-10-7-6-8-11-20/h6-8,10-15,17H,4-5,9,16H2,1-3H3. The lowest BCUT2D eigenvalue weighted by molar-refractivity contribution is -0.118. The van der Waals surface area contributed by atoms with E-state index < -0.39 is 15.9 Å². The van der Waals surface area contributed by atoms with Crippen molar-refractivity contribution < 1.29 is 13.2 Å². The number of carbonyl (C=O) groups excluding carboxylic acids is 1. The fraction of sp³-hybridized carbons (Fsp3) is 0.381. The zero-order valence-corrected chi connectivity index (χ0v) is 16.5. The molecule has 2 aromatic carbocycles. The van der Waals surface area contributed by atoms with Crippen molar-refractivity contribution in [3.63, 3.8) is 0 Å². The van der Waals surface area contributed by atoms with E-state index in [0.717, 1.165) is 29.1 Å². The molecular formula is C21H27NO3S. The van der Waals surface area contributed by atoms with Gasteiger partial charge in [-0.15, -0.1) is 0 Å². The summed E-state index contributed by atoms with van der Waals surface area (Å²) in [6.07, 6.45) is 3.30. The normalized spacial score (nSPS) is 11.5. The third-order valence-corrected chi connectivity index (χ3v) is 5.84. The van der Waals surface area contributed by atoms with Crippen molar-refractivity contribution in [3.8, 4) is 0 Å². The molecule has 0 unspecified atom stereocenters. The Morgan fingerprint density at radius 1 is 1.00 bits per heavy atom. The fourth-order valence-corrected chi connectivity index (χ4v) is 4.18. The first-order valence-corrected chi connectivity index (χ1v) is 10.5. The number of unbranched alkanes of at least 4 members (excludes halogenated alkanes) is 1. The van der Waals surface area contributed by atoms with Crippen molar-refractivity contribution in [3.05, 3.63) is 60.2 Å². The first-order valence-electron chi connectivity index (χ1n) is 9.08. The monoisotopic (exact) mass is 373 g/mol. The molecule has 0 bridgehead atoms. The summed E-state index contributed by atoms with van der Waals surface area (Å²) in [6.45, 7) is 5.94. The quantitative estimate of drug-likeness (QED) is 0.668. The van der Waals surface area contributed by atoms with Gasteiger partial charge in [0, 0.05) is 6.42 Å². The van der Waals surface area contributed by atoms with Crippen LogP contribution >= 0.6 is 0 Å². The zero-order valence-electron chi connectivity index (χ0n) is 15.7. The van der Waals surface area contributed by atoms with Gasteiger partial charge >= 0.3 is 0 Å². The molecule has 4 nitrogen and oxygen atoms in total. The second kappa shape index (κ2) is 8.99. The first kappa shape index (κ1) is 20.2. The van der Waals surface area contributed by atoms with Gasteiger partial charge in [0.1, 0.15) is 0 Å². The second-order valence-corrected chi connectivity index (χ2v) is 8.63. The lowest BCUT2D eigenvalue weighted by atomic mass is 10.1. The Morgan fingerprint density at radius 3 is 2.15 bits per heavy atom. The molecule has 26 heavy (non-hydrogen) atoms. The van der Waals surface area contributed by atoms with Crippen molar-refractivity contribution >= 4 is 21.6 Å². The van der Waals surface area contributed by atoms with Crippen molar-refractivity contribution in [1.29, 1.82) is 0 Å². The van der Waals surface area contributed by atoms with Gasteiger partial charge in [-0.2, -0.15) is 0 Å². The topological polar surface area (TPSA) is 54.5 Å². The number of anilines is 1. The van der Waals surface area contributed by atoms with Crippen LogP contribution in [0, 0.1) is 5.92 Å². The van der Waals surface area contributed by atoms with Gasteiger partial charge in [-0.1, -0.05) is 57.5 Å². The molecule has 0 saturated carbocycles. The van der Waals surface area contributed by atoms with Gasteiger partial charge in [0.25, 0.3) is 10.0 Å². The molecule has 0 saturated heterocycles. The summed E-state index contributed by atoms with van der Waals surface area (Å²) in [5, 5.41) is 0. The summed E-state index contributed by atoms with van der Waals surface area (Å²) in [6, 6.07) is 15.4. The molecule has 1 amide bonds. The molecule has 0 radical (unpaired) electrons. The Morgan fingerprint density at radius 2 is 1.62 bits per heavy atom. The lowest BCUT2D eigenvalue weighted by Crippen LogP contribution is -2.37. The number of carbonyl (C=O) groups is 1. The van der Waals surface area contributed by atoms with Gasteiger partial charge in [-0.05, 0) is 48.6 Å². The molecule has 0 aliphatic rings. The highest BCUT2D eigenvalue weighted by Gasteiger charge is 2.31. The van der Waals surface area contributed by atoms with E-state index in [2.05, 4.69) is 6.92 Å². The SMILES string of the molecule is CCCCc1ccc(N(C(=O)CC(C)C)S(=O)(=O)c2ccccc2)cc1. The number of hydrogen-bond donors (Lipinski definition) is 0. The highest BCUT2D eigenvalue weighted by atomic mass is 32.2. The van der Waals surface area contributed by atoms with E-state index in [9.17, 15) is 13.2 Å². The summed E-state index contributed by atoms with van der Waals surface area (Å²) >= 11 is 0. The maximum Gasteiger partial charge on any atom is 0.270 e. The van der Waals surface area contributed by atoms with Crippen LogP contribution in [0.25, 0.3) is 0 Å². The van der Waals surface area contributed by atoms with Crippen molar-refractivity contribution in [2.75, 3.05) is 4.31 Å². The Hall–Kier alpha value is -2.14. The highest BCUT2D eigenvalue weighted by Crippen LogP contribution is 2.26. The number of aryl methyl sites for hydroxylation is 1. The van der Waals surface area contributed by atoms with Crippen LogP contribution in [0.2, 0.25) is 0 Å². The van der Waals surface area contributed by atoms with Crippen molar-refractivity contribution in [2.45, 2.75) is 51.3 Å². The highest BCUT2D eigenvalue weighted by molar-refractivity contribution is 7.93. The van der Waals surface area contributed by atoms with Crippen molar-refractivity contribution in [1.82, 2.24) is 0 Å². The number of benzene rings is 2. The van der Waals surface area contributed by atoms with Crippen LogP contribution in [0.3, 0.4) is 0 Å². The van der Waals surface area contributed by atoms with Crippen LogP contribution < -0.4 is 4.31 Å². The van der Waals surface area contributed by atoms with E-state index in [1.807, 2.05) is 26.0 Å². The minimum atomic E-state index is -3.94. The van der Waals surface area contributed by atoms with E-state index in [0.29, 0.717) is 5.69 Å². The molecule has 0 aliphatic heterocycles. The lowest BCUT2D eigenvalue weighted by Gasteiger charge is -2.23. The van der Waals surface area contributed by atoms with Gasteiger partial charge < -0.3 is 0 Å². The van der Waals surface area contributed by atoms with Gasteiger partial charge in [0.15, 0.2) is 0 Å². The van der Waals surface area contributed by atoms with E-state index in [-0.39, 0.29) is 17.2 Å². The van der Waals surface area contributed by atoms with Gasteiger partial charge in [-0.3, -0.25) is 4.79 Å². The molecule has 0 atom stereocenters. The van der Waals surface area contributed by atoms with Crippen LogP contribution in [0.1, 0.15) is 45.6 Å². The third kappa shape index (κ3) is 4.94. The molecule has 0 N–H and O–H groups in total. The number of rotatable bonds is 8. The predicted octanol–water partition coefficient (Wildman–Crippen LogP) is 4.80. The number of nitrogens with zero attached hydrogens (tertiary/aromatic N) is 1. The van der Waals surface area contributed by atoms with E-state index >= 15 is 0 Å². The molecule has 140 valence electrons. The third-order valence-electron chi connectivity index (χ3n) is 4.08. The molecule has 0 aliphatic carbocycles. The summed E-state index contributed by atoms with van der Waals surface area (Å²) in [5.41, 5.74) is 1.53. The van der Waals surface area contributed by atoms with Gasteiger partial charge in [0.05, 0.1) is 10.6 Å². The first-order chi connectivity index (χ1) is 12.4. The Kier molecular flexibility index (Phi) is 6.98. The molecule has 2 aromatic rings. The van der Waals surface area contributed by atoms with Crippen LogP contribution in [-0.2, 0) is 21.2 Å². The van der Waals surface area contributed by atoms with Crippen LogP contribution in [-0.4, -0.2) is 14.3 Å². The molecule has 0 fully saturated rings. The minimum Gasteiger partial charge on any atom is -0.273 e. The molecule has 0 aromatic heterocycles. The second-order valence-electron chi connectivity index (χ2n) is 6.84. The van der Waals surface area contributed by atoms with E-state index in [1.165, 1.54) is 12.1 Å². The summed E-state index contributed by atoms with van der Waals surface area (Å²) in [7, 11) is -3.94. The fourth-order valence-electron chi connectivity index (χ4n) is 2.73. The zero-order chi connectivity index (χ0) is 19.2. The van der Waals surface area contributed by atoms with Crippen LogP contribution in [0.4, 0.5) is 5.69 Å². The summed E-state index contributed by atoms with van der Waals surface area (Å²) < 4.78 is 27.2. The molecule has 0 spiro atoms. The maximum absolute atomic E-state index is 13.1.